The highest BCUT2D eigenvalue weighted by Gasteiger charge is 2.44. The lowest BCUT2D eigenvalue weighted by Gasteiger charge is -2.17. The molecule has 1 heterocycles. The van der Waals surface area contributed by atoms with Gasteiger partial charge in [-0.05, 0) is 12.8 Å². The van der Waals surface area contributed by atoms with Crippen LogP contribution in [0, 0.1) is 17.8 Å². The standard InChI is InChI=1S/C12H17NO2/c1-4-5-6-7-8-13-10(14)9-12(2,3)11(13)15/h1H,5-9H2,2-3H3. The topological polar surface area (TPSA) is 37.4 Å². The molecule has 82 valence electrons. The Labute approximate surface area is 90.8 Å². The minimum absolute atomic E-state index is 0.0480. The zero-order valence-electron chi connectivity index (χ0n) is 9.38. The normalized spacial score (nSPS) is 19.4. The van der Waals surface area contributed by atoms with E-state index in [9.17, 15) is 9.59 Å². The van der Waals surface area contributed by atoms with Crippen molar-refractivity contribution in [3.8, 4) is 12.3 Å². The number of imide groups is 1. The van der Waals surface area contributed by atoms with Gasteiger partial charge < -0.3 is 0 Å². The highest BCUT2D eigenvalue weighted by Crippen LogP contribution is 2.31. The summed E-state index contributed by atoms with van der Waals surface area (Å²) in [5.74, 6) is 2.45. The summed E-state index contributed by atoms with van der Waals surface area (Å²) in [6.45, 7) is 4.14. The number of rotatable bonds is 4. The van der Waals surface area contributed by atoms with Crippen molar-refractivity contribution in [3.05, 3.63) is 0 Å². The molecule has 3 heteroatoms. The minimum Gasteiger partial charge on any atom is -0.282 e. The number of amides is 2. The van der Waals surface area contributed by atoms with Crippen LogP contribution in [0.5, 0.6) is 0 Å². The summed E-state index contributed by atoms with van der Waals surface area (Å²) in [6.07, 6.45) is 7.84. The van der Waals surface area contributed by atoms with Crippen LogP contribution in [0.2, 0.25) is 0 Å². The monoisotopic (exact) mass is 207 g/mol. The van der Waals surface area contributed by atoms with Crippen LogP contribution in [-0.4, -0.2) is 23.3 Å². The molecule has 0 atom stereocenters. The predicted molar refractivity (Wildman–Crippen MR) is 57.8 cm³/mol. The molecule has 1 rings (SSSR count). The smallest absolute Gasteiger partial charge is 0.235 e. The highest BCUT2D eigenvalue weighted by molar-refractivity contribution is 6.05. The molecule has 0 N–H and O–H groups in total. The molecule has 0 spiro atoms. The molecule has 0 saturated carbocycles. The average molecular weight is 207 g/mol. The van der Waals surface area contributed by atoms with Crippen molar-refractivity contribution in [1.82, 2.24) is 4.90 Å². The summed E-state index contributed by atoms with van der Waals surface area (Å²) >= 11 is 0. The number of carbonyl (C=O) groups excluding carboxylic acids is 2. The Morgan fingerprint density at radius 1 is 1.40 bits per heavy atom. The van der Waals surface area contributed by atoms with Gasteiger partial charge in [0.2, 0.25) is 11.8 Å². The number of terminal acetylenes is 1. The van der Waals surface area contributed by atoms with Crippen molar-refractivity contribution < 1.29 is 9.59 Å². The van der Waals surface area contributed by atoms with Crippen LogP contribution in [-0.2, 0) is 9.59 Å². The van der Waals surface area contributed by atoms with Crippen LogP contribution in [0.3, 0.4) is 0 Å². The van der Waals surface area contributed by atoms with Gasteiger partial charge in [0.1, 0.15) is 0 Å². The highest BCUT2D eigenvalue weighted by atomic mass is 16.2. The van der Waals surface area contributed by atoms with Gasteiger partial charge in [-0.15, -0.1) is 12.3 Å². The first-order valence-electron chi connectivity index (χ1n) is 5.27. The Morgan fingerprint density at radius 3 is 2.53 bits per heavy atom. The predicted octanol–water partition coefficient (Wildman–Crippen LogP) is 1.57. The van der Waals surface area contributed by atoms with Gasteiger partial charge in [-0.3, -0.25) is 14.5 Å². The molecule has 0 aliphatic carbocycles. The SMILES string of the molecule is C#CCCCCN1C(=O)CC(C)(C)C1=O. The van der Waals surface area contributed by atoms with Crippen molar-refractivity contribution in [3.63, 3.8) is 0 Å². The third kappa shape index (κ3) is 2.59. The second-order valence-electron chi connectivity index (χ2n) is 4.57. The third-order valence-electron chi connectivity index (χ3n) is 2.67. The van der Waals surface area contributed by atoms with Crippen LogP contribution in [0.15, 0.2) is 0 Å². The molecule has 15 heavy (non-hydrogen) atoms. The van der Waals surface area contributed by atoms with Gasteiger partial charge in [0.15, 0.2) is 0 Å². The molecular formula is C12H17NO2. The zero-order valence-corrected chi connectivity index (χ0v) is 9.38. The molecule has 0 aromatic rings. The fourth-order valence-electron chi connectivity index (χ4n) is 1.75. The van der Waals surface area contributed by atoms with E-state index in [1.807, 2.05) is 13.8 Å². The molecule has 1 saturated heterocycles. The molecule has 1 aliphatic rings. The second kappa shape index (κ2) is 4.48. The van der Waals surface area contributed by atoms with Crippen molar-refractivity contribution in [2.24, 2.45) is 5.41 Å². The lowest BCUT2D eigenvalue weighted by Crippen LogP contribution is -2.33. The first kappa shape index (κ1) is 11.8. The van der Waals surface area contributed by atoms with Crippen LogP contribution < -0.4 is 0 Å². The number of hydrogen-bond donors (Lipinski definition) is 0. The third-order valence-corrected chi connectivity index (χ3v) is 2.67. The molecule has 0 radical (unpaired) electrons. The summed E-state index contributed by atoms with van der Waals surface area (Å²) in [6, 6.07) is 0. The first-order valence-corrected chi connectivity index (χ1v) is 5.27. The summed E-state index contributed by atoms with van der Waals surface area (Å²) < 4.78 is 0. The van der Waals surface area contributed by atoms with E-state index in [4.69, 9.17) is 6.42 Å². The molecule has 0 bridgehead atoms. The number of nitrogens with zero attached hydrogens (tertiary/aromatic N) is 1. The van der Waals surface area contributed by atoms with Gasteiger partial charge >= 0.3 is 0 Å². The van der Waals surface area contributed by atoms with E-state index in [2.05, 4.69) is 5.92 Å². The summed E-state index contributed by atoms with van der Waals surface area (Å²) in [4.78, 5) is 24.7. The first-order chi connectivity index (χ1) is 6.99. The molecule has 0 aromatic heterocycles. The van der Waals surface area contributed by atoms with Gasteiger partial charge in [-0.1, -0.05) is 13.8 Å². The summed E-state index contributed by atoms with van der Waals surface area (Å²) in [5, 5.41) is 0. The molecule has 0 aromatic carbocycles. The van der Waals surface area contributed by atoms with E-state index in [-0.39, 0.29) is 11.8 Å². The largest absolute Gasteiger partial charge is 0.282 e. The van der Waals surface area contributed by atoms with Crippen molar-refractivity contribution in [2.75, 3.05) is 6.54 Å². The van der Waals surface area contributed by atoms with E-state index < -0.39 is 5.41 Å². The molecule has 2 amide bonds. The van der Waals surface area contributed by atoms with Gasteiger partial charge in [-0.2, -0.15) is 0 Å². The zero-order chi connectivity index (χ0) is 11.5. The van der Waals surface area contributed by atoms with E-state index in [1.54, 1.807) is 0 Å². The van der Waals surface area contributed by atoms with Crippen molar-refractivity contribution in [2.45, 2.75) is 39.5 Å². The van der Waals surface area contributed by atoms with Gasteiger partial charge in [-0.25, -0.2) is 0 Å². The van der Waals surface area contributed by atoms with E-state index in [1.165, 1.54) is 4.90 Å². The molecular weight excluding hydrogens is 190 g/mol. The van der Waals surface area contributed by atoms with E-state index in [0.717, 1.165) is 12.8 Å². The number of unbranched alkanes of at least 4 members (excludes halogenated alkanes) is 2. The Kier molecular flexibility index (Phi) is 3.52. The lowest BCUT2D eigenvalue weighted by atomic mass is 9.92. The number of likely N-dealkylation sites (tertiary alicyclic amines) is 1. The van der Waals surface area contributed by atoms with Crippen LogP contribution in [0.25, 0.3) is 0 Å². The maximum absolute atomic E-state index is 11.8. The number of hydrogen-bond acceptors (Lipinski definition) is 2. The van der Waals surface area contributed by atoms with Gasteiger partial charge in [0, 0.05) is 19.4 Å². The Balaban J connectivity index is 2.46. The number of carbonyl (C=O) groups is 2. The van der Waals surface area contributed by atoms with E-state index in [0.29, 0.717) is 19.4 Å². The summed E-state index contributed by atoms with van der Waals surface area (Å²) in [7, 11) is 0. The Bertz CT molecular complexity index is 312. The Morgan fingerprint density at radius 2 is 2.07 bits per heavy atom. The van der Waals surface area contributed by atoms with Gasteiger partial charge in [0.05, 0.1) is 5.41 Å². The minimum atomic E-state index is -0.511. The molecule has 1 fully saturated rings. The van der Waals surface area contributed by atoms with Crippen molar-refractivity contribution >= 4 is 11.8 Å². The summed E-state index contributed by atoms with van der Waals surface area (Å²) in [5.41, 5.74) is -0.511. The molecule has 0 unspecified atom stereocenters. The second-order valence-corrected chi connectivity index (χ2v) is 4.57. The quantitative estimate of drug-likeness (QED) is 0.398. The fourth-order valence-corrected chi connectivity index (χ4v) is 1.75. The molecule has 1 aliphatic heterocycles. The average Bonchev–Trinajstić information content (AvgIpc) is 2.33. The van der Waals surface area contributed by atoms with Crippen molar-refractivity contribution in [1.29, 1.82) is 0 Å². The van der Waals surface area contributed by atoms with Gasteiger partial charge in [0.25, 0.3) is 0 Å². The lowest BCUT2D eigenvalue weighted by molar-refractivity contribution is -0.140. The maximum Gasteiger partial charge on any atom is 0.235 e. The van der Waals surface area contributed by atoms with Crippen LogP contribution in [0.4, 0.5) is 0 Å². The van der Waals surface area contributed by atoms with Crippen LogP contribution in [0.1, 0.15) is 39.5 Å². The molecule has 3 nitrogen and oxygen atoms in total. The fraction of sp³-hybridized carbons (Fsp3) is 0.667. The Hall–Kier alpha value is -1.30. The van der Waals surface area contributed by atoms with Crippen LogP contribution >= 0.6 is 0 Å². The maximum atomic E-state index is 11.8. The van der Waals surface area contributed by atoms with E-state index >= 15 is 0 Å².